The van der Waals surface area contributed by atoms with Gasteiger partial charge in [-0.2, -0.15) is 0 Å². The molecule has 5 rings (SSSR count). The molecule has 0 fully saturated rings. The monoisotopic (exact) mass is 513 g/mol. The van der Waals surface area contributed by atoms with E-state index in [1.165, 1.54) is 6.08 Å². The van der Waals surface area contributed by atoms with Gasteiger partial charge in [0, 0.05) is 17.3 Å². The Morgan fingerprint density at radius 2 is 1.83 bits per heavy atom. The van der Waals surface area contributed by atoms with E-state index in [4.69, 9.17) is 32.7 Å². The summed E-state index contributed by atoms with van der Waals surface area (Å²) in [7, 11) is 0. The molecule has 178 valence electrons. The number of benzene rings is 3. The number of nitrogens with zero attached hydrogens (tertiary/aromatic N) is 1. The Morgan fingerprint density at radius 1 is 1.00 bits per heavy atom. The van der Waals surface area contributed by atoms with Crippen molar-refractivity contribution in [3.05, 3.63) is 101 Å². The van der Waals surface area contributed by atoms with Gasteiger partial charge < -0.3 is 14.2 Å². The number of thiocarbonyl (C=S) groups is 1. The normalized spacial score (nSPS) is 11.2. The Hall–Kier alpha value is -4.20. The number of hydrogen-bond donors (Lipinski definition) is 2. The Labute approximate surface area is 217 Å². The van der Waals surface area contributed by atoms with Crippen molar-refractivity contribution in [2.45, 2.75) is 6.92 Å². The molecule has 0 aliphatic heterocycles. The zero-order valence-corrected chi connectivity index (χ0v) is 20.7. The molecule has 36 heavy (non-hydrogen) atoms. The maximum absolute atomic E-state index is 12.4. The van der Waals surface area contributed by atoms with Crippen LogP contribution in [0.1, 0.15) is 11.3 Å². The second-order valence-corrected chi connectivity index (χ2v) is 8.85. The molecule has 2 N–H and O–H groups in total. The average Bonchev–Trinajstić information content (AvgIpc) is 3.51. The number of carbonyl (C=O) groups excluding carboxylic acids is 1. The average molecular weight is 514 g/mol. The highest BCUT2D eigenvalue weighted by atomic mass is 35.5. The summed E-state index contributed by atoms with van der Waals surface area (Å²) in [4.78, 5) is 16.9. The lowest BCUT2D eigenvalue weighted by molar-refractivity contribution is -0.115. The van der Waals surface area contributed by atoms with Crippen LogP contribution < -0.4 is 10.6 Å². The van der Waals surface area contributed by atoms with Crippen LogP contribution in [0.15, 0.2) is 93.8 Å². The first-order valence-corrected chi connectivity index (χ1v) is 11.9. The van der Waals surface area contributed by atoms with Gasteiger partial charge in [-0.1, -0.05) is 48.0 Å². The quantitative estimate of drug-likeness (QED) is 0.190. The fourth-order valence-corrected chi connectivity index (χ4v) is 4.00. The molecule has 0 aliphatic carbocycles. The first-order chi connectivity index (χ1) is 17.4. The van der Waals surface area contributed by atoms with Crippen LogP contribution >= 0.6 is 23.8 Å². The maximum atomic E-state index is 12.4. The number of oxazole rings is 1. The highest BCUT2D eigenvalue weighted by molar-refractivity contribution is 7.80. The number of halogens is 1. The largest absolute Gasteiger partial charge is 0.457 e. The molecule has 5 aromatic rings. The third-order valence-corrected chi connectivity index (χ3v) is 5.85. The van der Waals surface area contributed by atoms with Crippen LogP contribution in [-0.4, -0.2) is 16.0 Å². The standard InChI is InChI=1S/C28H20ClN3O3S/c1-17-7-12-23-25(15-17)35-27(31-23)21-16-19(8-11-22(21)29)30-28(36)32-26(33)14-10-20-9-13-24(34-20)18-5-3-2-4-6-18/h2-16H,1H3,(H2,30,32,33,36)/b14-10+. The molecule has 0 spiro atoms. The second-order valence-electron chi connectivity index (χ2n) is 8.03. The van der Waals surface area contributed by atoms with E-state index < -0.39 is 5.91 Å². The molecule has 2 aromatic heterocycles. The van der Waals surface area contributed by atoms with E-state index in [0.29, 0.717) is 33.5 Å². The van der Waals surface area contributed by atoms with E-state index in [-0.39, 0.29) is 5.11 Å². The third kappa shape index (κ3) is 5.38. The van der Waals surface area contributed by atoms with Crippen LogP contribution in [0.5, 0.6) is 0 Å². The summed E-state index contributed by atoms with van der Waals surface area (Å²) in [6.45, 7) is 1.99. The predicted octanol–water partition coefficient (Wildman–Crippen LogP) is 7.24. The minimum absolute atomic E-state index is 0.135. The van der Waals surface area contributed by atoms with Gasteiger partial charge in [-0.3, -0.25) is 10.1 Å². The number of fused-ring (bicyclic) bond motifs is 1. The van der Waals surface area contributed by atoms with Gasteiger partial charge in [-0.05, 0) is 73.2 Å². The molecular formula is C28H20ClN3O3S. The molecule has 0 saturated carbocycles. The van der Waals surface area contributed by atoms with Crippen LogP contribution in [0.4, 0.5) is 5.69 Å². The summed E-state index contributed by atoms with van der Waals surface area (Å²) in [6, 6.07) is 24.4. The minimum atomic E-state index is -0.395. The Balaban J connectivity index is 1.23. The summed E-state index contributed by atoms with van der Waals surface area (Å²) < 4.78 is 11.7. The van der Waals surface area contributed by atoms with Gasteiger partial charge in [0.05, 0.1) is 10.6 Å². The number of carbonyl (C=O) groups is 1. The van der Waals surface area contributed by atoms with Crippen LogP contribution in [-0.2, 0) is 4.79 Å². The first-order valence-electron chi connectivity index (χ1n) is 11.1. The highest BCUT2D eigenvalue weighted by Crippen LogP contribution is 2.32. The van der Waals surface area contributed by atoms with Crippen LogP contribution in [0.3, 0.4) is 0 Å². The number of furan rings is 1. The molecule has 0 atom stereocenters. The molecule has 0 aliphatic rings. The molecule has 0 unspecified atom stereocenters. The number of anilines is 1. The predicted molar refractivity (Wildman–Crippen MR) is 147 cm³/mol. The van der Waals surface area contributed by atoms with Crippen LogP contribution in [0.2, 0.25) is 5.02 Å². The molecule has 1 amide bonds. The summed E-state index contributed by atoms with van der Waals surface area (Å²) in [6.07, 6.45) is 2.94. The molecule has 6 nitrogen and oxygen atoms in total. The molecular weight excluding hydrogens is 494 g/mol. The molecule has 8 heteroatoms. The van der Waals surface area contributed by atoms with Gasteiger partial charge in [0.25, 0.3) is 0 Å². The van der Waals surface area contributed by atoms with Crippen LogP contribution in [0.25, 0.3) is 40.0 Å². The van der Waals surface area contributed by atoms with Crippen molar-refractivity contribution in [1.82, 2.24) is 10.3 Å². The van der Waals surface area contributed by atoms with Gasteiger partial charge in [-0.15, -0.1) is 0 Å². The third-order valence-electron chi connectivity index (χ3n) is 5.32. The number of hydrogen-bond acceptors (Lipinski definition) is 5. The van der Waals surface area contributed by atoms with E-state index in [1.807, 2.05) is 61.5 Å². The number of rotatable bonds is 5. The lowest BCUT2D eigenvalue weighted by Crippen LogP contribution is -2.32. The van der Waals surface area contributed by atoms with Crippen molar-refractivity contribution in [2.24, 2.45) is 0 Å². The first kappa shape index (κ1) is 23.5. The lowest BCUT2D eigenvalue weighted by atomic mass is 10.2. The SMILES string of the molecule is Cc1ccc2nc(-c3cc(NC(=S)NC(=O)/C=C/c4ccc(-c5ccccc5)o4)ccc3Cl)oc2c1. The summed E-state index contributed by atoms with van der Waals surface area (Å²) in [5, 5.41) is 6.23. The van der Waals surface area contributed by atoms with Crippen molar-refractivity contribution in [2.75, 3.05) is 5.32 Å². The number of amides is 1. The smallest absolute Gasteiger partial charge is 0.250 e. The van der Waals surface area contributed by atoms with Gasteiger partial charge in [-0.25, -0.2) is 4.98 Å². The Kier molecular flexibility index (Phi) is 6.66. The van der Waals surface area contributed by atoms with E-state index in [2.05, 4.69) is 15.6 Å². The Morgan fingerprint density at radius 3 is 2.67 bits per heavy atom. The van der Waals surface area contributed by atoms with Crippen molar-refractivity contribution in [3.63, 3.8) is 0 Å². The van der Waals surface area contributed by atoms with Gasteiger partial charge in [0.15, 0.2) is 10.7 Å². The summed E-state index contributed by atoms with van der Waals surface area (Å²) in [5.41, 5.74) is 4.69. The molecule has 0 saturated heterocycles. The van der Waals surface area contributed by atoms with Crippen molar-refractivity contribution < 1.29 is 13.6 Å². The zero-order valence-electron chi connectivity index (χ0n) is 19.1. The fourth-order valence-electron chi connectivity index (χ4n) is 3.59. The minimum Gasteiger partial charge on any atom is -0.457 e. The van der Waals surface area contributed by atoms with Gasteiger partial charge in [0.1, 0.15) is 17.0 Å². The fraction of sp³-hybridized carbons (Fsp3) is 0.0357. The Bertz CT molecular complexity index is 1610. The number of aryl methyl sites for hydroxylation is 1. The second kappa shape index (κ2) is 10.2. The van der Waals surface area contributed by atoms with E-state index in [0.717, 1.165) is 22.4 Å². The van der Waals surface area contributed by atoms with Crippen LogP contribution in [0, 0.1) is 6.92 Å². The number of aromatic nitrogens is 1. The molecule has 3 aromatic carbocycles. The highest BCUT2D eigenvalue weighted by Gasteiger charge is 2.13. The van der Waals surface area contributed by atoms with Gasteiger partial charge >= 0.3 is 0 Å². The maximum Gasteiger partial charge on any atom is 0.250 e. The van der Waals surface area contributed by atoms with Crippen molar-refractivity contribution >= 4 is 57.7 Å². The lowest BCUT2D eigenvalue weighted by Gasteiger charge is -2.09. The summed E-state index contributed by atoms with van der Waals surface area (Å²) in [5.74, 6) is 1.28. The van der Waals surface area contributed by atoms with Crippen molar-refractivity contribution in [1.29, 1.82) is 0 Å². The molecule has 2 heterocycles. The van der Waals surface area contributed by atoms with Gasteiger partial charge in [0.2, 0.25) is 11.8 Å². The molecule has 0 bridgehead atoms. The molecule has 0 radical (unpaired) electrons. The van der Waals surface area contributed by atoms with E-state index in [9.17, 15) is 4.79 Å². The van der Waals surface area contributed by atoms with Crippen molar-refractivity contribution in [3.8, 4) is 22.8 Å². The van der Waals surface area contributed by atoms with E-state index >= 15 is 0 Å². The number of nitrogens with one attached hydrogen (secondary N) is 2. The summed E-state index contributed by atoms with van der Waals surface area (Å²) >= 11 is 11.7. The zero-order chi connectivity index (χ0) is 25.1. The van der Waals surface area contributed by atoms with E-state index in [1.54, 1.807) is 30.3 Å². The topological polar surface area (TPSA) is 80.3 Å².